The first kappa shape index (κ1) is 20.1. The van der Waals surface area contributed by atoms with E-state index in [0.717, 1.165) is 11.3 Å². The van der Waals surface area contributed by atoms with Crippen molar-refractivity contribution in [2.45, 2.75) is 19.8 Å². The highest BCUT2D eigenvalue weighted by Crippen LogP contribution is 2.25. The van der Waals surface area contributed by atoms with Crippen LogP contribution >= 0.6 is 23.2 Å². The second-order valence-corrected chi connectivity index (χ2v) is 6.33. The maximum atomic E-state index is 12.0. The fourth-order valence-electron chi connectivity index (χ4n) is 2.31. The Morgan fingerprint density at radius 1 is 1.08 bits per heavy atom. The lowest BCUT2D eigenvalue weighted by Gasteiger charge is -2.10. The molecule has 7 heteroatoms. The SMILES string of the molecule is CCOc1ccccc1CCC(=O)NCC(=O)Nc1cc(Cl)ccc1Cl. The van der Waals surface area contributed by atoms with E-state index < -0.39 is 0 Å². The zero-order valence-electron chi connectivity index (χ0n) is 14.4. The number of halogens is 2. The third-order valence-corrected chi connectivity index (χ3v) is 4.11. The molecule has 2 aromatic rings. The number of hydrogen-bond donors (Lipinski definition) is 2. The van der Waals surface area contributed by atoms with Crippen molar-refractivity contribution in [1.82, 2.24) is 5.32 Å². The van der Waals surface area contributed by atoms with Crippen molar-refractivity contribution >= 4 is 40.7 Å². The Labute approximate surface area is 162 Å². The molecule has 0 bridgehead atoms. The quantitative estimate of drug-likeness (QED) is 0.708. The molecule has 2 aromatic carbocycles. The number of para-hydroxylation sites is 1. The van der Waals surface area contributed by atoms with Crippen molar-refractivity contribution in [3.05, 3.63) is 58.1 Å². The number of anilines is 1. The molecule has 2 N–H and O–H groups in total. The van der Waals surface area contributed by atoms with Gasteiger partial charge in [0.2, 0.25) is 11.8 Å². The minimum atomic E-state index is -0.378. The summed E-state index contributed by atoms with van der Waals surface area (Å²) < 4.78 is 5.54. The van der Waals surface area contributed by atoms with Crippen molar-refractivity contribution < 1.29 is 14.3 Å². The Balaban J connectivity index is 1.80. The van der Waals surface area contributed by atoms with Crippen LogP contribution in [0.2, 0.25) is 10.0 Å². The molecule has 2 rings (SSSR count). The summed E-state index contributed by atoms with van der Waals surface area (Å²) in [5.41, 5.74) is 1.36. The number of aryl methyl sites for hydroxylation is 1. The highest BCUT2D eigenvalue weighted by Gasteiger charge is 2.10. The number of ether oxygens (including phenoxy) is 1. The molecule has 0 aliphatic heterocycles. The van der Waals surface area contributed by atoms with Gasteiger partial charge in [-0.05, 0) is 43.2 Å². The third kappa shape index (κ3) is 6.24. The Hall–Kier alpha value is -2.24. The zero-order chi connectivity index (χ0) is 18.9. The molecule has 138 valence electrons. The fraction of sp³-hybridized carbons (Fsp3) is 0.263. The topological polar surface area (TPSA) is 67.4 Å². The van der Waals surface area contributed by atoms with Gasteiger partial charge >= 0.3 is 0 Å². The number of carbonyl (C=O) groups excluding carboxylic acids is 2. The monoisotopic (exact) mass is 394 g/mol. The molecule has 5 nitrogen and oxygen atoms in total. The van der Waals surface area contributed by atoms with Crippen LogP contribution in [0.5, 0.6) is 5.75 Å². The summed E-state index contributed by atoms with van der Waals surface area (Å²) in [7, 11) is 0. The van der Waals surface area contributed by atoms with E-state index in [9.17, 15) is 9.59 Å². The van der Waals surface area contributed by atoms with Gasteiger partial charge in [0.1, 0.15) is 5.75 Å². The third-order valence-electron chi connectivity index (χ3n) is 3.54. The lowest BCUT2D eigenvalue weighted by molar-refractivity contribution is -0.124. The van der Waals surface area contributed by atoms with Crippen LogP contribution in [0.15, 0.2) is 42.5 Å². The van der Waals surface area contributed by atoms with Crippen LogP contribution in [-0.4, -0.2) is 25.0 Å². The van der Waals surface area contributed by atoms with Crippen LogP contribution in [0.3, 0.4) is 0 Å². The molecular formula is C19H20Cl2N2O3. The van der Waals surface area contributed by atoms with Gasteiger partial charge in [0, 0.05) is 11.4 Å². The molecule has 0 heterocycles. The van der Waals surface area contributed by atoms with Crippen LogP contribution in [0.1, 0.15) is 18.9 Å². The van der Waals surface area contributed by atoms with E-state index in [1.807, 2.05) is 31.2 Å². The van der Waals surface area contributed by atoms with E-state index in [0.29, 0.717) is 28.8 Å². The molecule has 0 atom stereocenters. The molecule has 0 saturated carbocycles. The van der Waals surface area contributed by atoms with E-state index in [2.05, 4.69) is 10.6 Å². The summed E-state index contributed by atoms with van der Waals surface area (Å²) in [6.07, 6.45) is 0.791. The average molecular weight is 395 g/mol. The van der Waals surface area contributed by atoms with Crippen molar-refractivity contribution in [3.8, 4) is 5.75 Å². The van der Waals surface area contributed by atoms with Crippen molar-refractivity contribution in [2.24, 2.45) is 0 Å². The van der Waals surface area contributed by atoms with Gasteiger partial charge in [0.05, 0.1) is 23.9 Å². The van der Waals surface area contributed by atoms with Gasteiger partial charge in [0.15, 0.2) is 0 Å². The van der Waals surface area contributed by atoms with E-state index in [4.69, 9.17) is 27.9 Å². The smallest absolute Gasteiger partial charge is 0.243 e. The molecule has 26 heavy (non-hydrogen) atoms. The first-order valence-corrected chi connectivity index (χ1v) is 8.97. The maximum absolute atomic E-state index is 12.0. The van der Waals surface area contributed by atoms with E-state index in [1.165, 1.54) is 0 Å². The van der Waals surface area contributed by atoms with Crippen LogP contribution in [0, 0.1) is 0 Å². The molecule has 2 amide bonds. The summed E-state index contributed by atoms with van der Waals surface area (Å²) in [5, 5.41) is 6.04. The summed E-state index contributed by atoms with van der Waals surface area (Å²) in [6, 6.07) is 12.4. The van der Waals surface area contributed by atoms with Crippen LogP contribution in [-0.2, 0) is 16.0 Å². The number of benzene rings is 2. The Bertz CT molecular complexity index is 781. The lowest BCUT2D eigenvalue weighted by Crippen LogP contribution is -2.33. The van der Waals surface area contributed by atoms with Crippen LogP contribution < -0.4 is 15.4 Å². The minimum absolute atomic E-state index is 0.144. The molecule has 0 aliphatic rings. The van der Waals surface area contributed by atoms with Gasteiger partial charge in [-0.25, -0.2) is 0 Å². The van der Waals surface area contributed by atoms with Crippen LogP contribution in [0.4, 0.5) is 5.69 Å². The lowest BCUT2D eigenvalue weighted by atomic mass is 10.1. The van der Waals surface area contributed by atoms with E-state index in [-0.39, 0.29) is 24.8 Å². The Kier molecular flexibility index (Phi) is 7.75. The second kappa shape index (κ2) is 10.0. The Morgan fingerprint density at radius 3 is 2.62 bits per heavy atom. The number of amides is 2. The van der Waals surface area contributed by atoms with Gasteiger partial charge in [-0.15, -0.1) is 0 Å². The molecule has 0 saturated heterocycles. The van der Waals surface area contributed by atoms with Crippen molar-refractivity contribution in [1.29, 1.82) is 0 Å². The number of carbonyl (C=O) groups is 2. The molecule has 0 unspecified atom stereocenters. The molecular weight excluding hydrogens is 375 g/mol. The number of rotatable bonds is 8. The molecule has 0 aliphatic carbocycles. The maximum Gasteiger partial charge on any atom is 0.243 e. The predicted molar refractivity (Wildman–Crippen MR) is 104 cm³/mol. The van der Waals surface area contributed by atoms with Gasteiger partial charge in [-0.1, -0.05) is 41.4 Å². The highest BCUT2D eigenvalue weighted by atomic mass is 35.5. The average Bonchev–Trinajstić information content (AvgIpc) is 2.62. The summed E-state index contributed by atoms with van der Waals surface area (Å²) in [4.78, 5) is 23.9. The predicted octanol–water partition coefficient (Wildman–Crippen LogP) is 4.08. The van der Waals surface area contributed by atoms with Gasteiger partial charge in [-0.2, -0.15) is 0 Å². The highest BCUT2D eigenvalue weighted by molar-refractivity contribution is 6.35. The fourth-order valence-corrected chi connectivity index (χ4v) is 2.65. The zero-order valence-corrected chi connectivity index (χ0v) is 15.9. The number of hydrogen-bond acceptors (Lipinski definition) is 3. The minimum Gasteiger partial charge on any atom is -0.494 e. The molecule has 0 spiro atoms. The van der Waals surface area contributed by atoms with Gasteiger partial charge in [0.25, 0.3) is 0 Å². The van der Waals surface area contributed by atoms with E-state index >= 15 is 0 Å². The van der Waals surface area contributed by atoms with Gasteiger partial charge in [-0.3, -0.25) is 9.59 Å². The molecule has 0 aromatic heterocycles. The molecule has 0 fully saturated rings. The summed E-state index contributed by atoms with van der Waals surface area (Å²) in [5.74, 6) is 0.178. The second-order valence-electron chi connectivity index (χ2n) is 5.49. The largest absolute Gasteiger partial charge is 0.494 e. The first-order valence-electron chi connectivity index (χ1n) is 8.22. The van der Waals surface area contributed by atoms with E-state index in [1.54, 1.807) is 18.2 Å². The first-order chi connectivity index (χ1) is 12.5. The number of nitrogens with one attached hydrogen (secondary N) is 2. The molecule has 0 radical (unpaired) electrons. The summed E-state index contributed by atoms with van der Waals surface area (Å²) >= 11 is 11.9. The van der Waals surface area contributed by atoms with Crippen molar-refractivity contribution in [3.63, 3.8) is 0 Å². The normalized spacial score (nSPS) is 10.3. The summed E-state index contributed by atoms with van der Waals surface area (Å²) in [6.45, 7) is 2.33. The standard InChI is InChI=1S/C19H20Cl2N2O3/c1-2-26-17-6-4-3-5-13(17)7-10-18(24)22-12-19(25)23-16-11-14(20)8-9-15(16)21/h3-6,8-9,11H,2,7,10,12H2,1H3,(H,22,24)(H,23,25). The van der Waals surface area contributed by atoms with Crippen LogP contribution in [0.25, 0.3) is 0 Å². The Morgan fingerprint density at radius 2 is 1.85 bits per heavy atom. The van der Waals surface area contributed by atoms with Crippen molar-refractivity contribution in [2.75, 3.05) is 18.5 Å². The van der Waals surface area contributed by atoms with Gasteiger partial charge < -0.3 is 15.4 Å².